The molecule has 0 atom stereocenters. The SMILES string of the molecule is C=C(CC1CC1)n1c(=NC)c(Cl)nc2cc(C(=O)OC)c(C)cc21. The number of hydrogen-bond donors (Lipinski definition) is 0. The highest BCUT2D eigenvalue weighted by atomic mass is 35.5. The van der Waals surface area contributed by atoms with Gasteiger partial charge in [-0.1, -0.05) is 18.2 Å². The van der Waals surface area contributed by atoms with E-state index in [-0.39, 0.29) is 5.97 Å². The van der Waals surface area contributed by atoms with E-state index in [9.17, 15) is 4.79 Å². The van der Waals surface area contributed by atoms with Crippen LogP contribution in [-0.4, -0.2) is 29.7 Å². The van der Waals surface area contributed by atoms with Crippen LogP contribution in [0.1, 0.15) is 35.2 Å². The van der Waals surface area contributed by atoms with Crippen LogP contribution in [-0.2, 0) is 4.74 Å². The maximum Gasteiger partial charge on any atom is 0.338 e. The Bertz CT molecular complexity index is 911. The molecule has 0 N–H and O–H groups in total. The average Bonchev–Trinajstić information content (AvgIpc) is 3.36. The fraction of sp³-hybridized carbons (Fsp3) is 0.389. The number of rotatable bonds is 4. The number of aromatic nitrogens is 2. The third kappa shape index (κ3) is 2.96. The molecule has 5 nitrogen and oxygen atoms in total. The van der Waals surface area contributed by atoms with Crippen LogP contribution < -0.4 is 5.49 Å². The predicted molar refractivity (Wildman–Crippen MR) is 95.0 cm³/mol. The third-order valence-electron chi connectivity index (χ3n) is 4.33. The highest BCUT2D eigenvalue weighted by molar-refractivity contribution is 6.29. The standard InChI is InChI=1S/C18H20ClN3O2/c1-10-7-15-14(9-13(10)18(23)24-4)21-16(19)17(20-3)22(15)11(2)8-12-5-6-12/h7,9,12H,2,5-6,8H2,1,3-4H3. The summed E-state index contributed by atoms with van der Waals surface area (Å²) in [6.07, 6.45) is 3.38. The van der Waals surface area contributed by atoms with Gasteiger partial charge in [-0.2, -0.15) is 0 Å². The Hall–Kier alpha value is -2.14. The minimum absolute atomic E-state index is 0.293. The van der Waals surface area contributed by atoms with E-state index >= 15 is 0 Å². The number of ether oxygens (including phenoxy) is 1. The molecule has 1 aliphatic rings. The van der Waals surface area contributed by atoms with E-state index in [4.69, 9.17) is 16.3 Å². The van der Waals surface area contributed by atoms with Gasteiger partial charge in [-0.3, -0.25) is 9.56 Å². The number of nitrogens with zero attached hydrogens (tertiary/aromatic N) is 3. The molecule has 1 saturated carbocycles. The van der Waals surface area contributed by atoms with Gasteiger partial charge in [0.15, 0.2) is 10.6 Å². The molecule has 1 aromatic heterocycles. The van der Waals surface area contributed by atoms with Crippen molar-refractivity contribution >= 4 is 34.3 Å². The Labute approximate surface area is 145 Å². The topological polar surface area (TPSA) is 56.5 Å². The summed E-state index contributed by atoms with van der Waals surface area (Å²) in [6.45, 7) is 6.11. The second kappa shape index (κ2) is 6.40. The van der Waals surface area contributed by atoms with Crippen molar-refractivity contribution in [1.29, 1.82) is 0 Å². The number of fused-ring (bicyclic) bond motifs is 1. The van der Waals surface area contributed by atoms with E-state index in [2.05, 4.69) is 16.6 Å². The molecule has 0 unspecified atom stereocenters. The molecule has 1 heterocycles. The van der Waals surface area contributed by atoms with Crippen LogP contribution in [0.25, 0.3) is 16.7 Å². The number of carbonyl (C=O) groups excluding carboxylic acids is 1. The van der Waals surface area contributed by atoms with E-state index in [1.807, 2.05) is 17.6 Å². The number of methoxy groups -OCH3 is 1. The second-order valence-corrected chi connectivity index (χ2v) is 6.50. The van der Waals surface area contributed by atoms with Crippen molar-refractivity contribution in [2.75, 3.05) is 14.2 Å². The number of aryl methyl sites for hydroxylation is 1. The van der Waals surface area contributed by atoms with Crippen molar-refractivity contribution in [3.8, 4) is 0 Å². The molecule has 0 amide bonds. The molecule has 0 spiro atoms. The molecule has 1 aliphatic carbocycles. The number of halogens is 1. The van der Waals surface area contributed by atoms with E-state index in [1.54, 1.807) is 13.1 Å². The summed E-state index contributed by atoms with van der Waals surface area (Å²) < 4.78 is 6.79. The van der Waals surface area contributed by atoms with Crippen LogP contribution in [0, 0.1) is 12.8 Å². The van der Waals surface area contributed by atoms with E-state index in [1.165, 1.54) is 20.0 Å². The Kier molecular flexibility index (Phi) is 4.45. The minimum Gasteiger partial charge on any atom is -0.465 e. The minimum atomic E-state index is -0.389. The molecule has 0 radical (unpaired) electrons. The van der Waals surface area contributed by atoms with Gasteiger partial charge in [-0.15, -0.1) is 0 Å². The first-order valence-corrected chi connectivity index (χ1v) is 8.26. The first kappa shape index (κ1) is 16.7. The Balaban J connectivity index is 2.28. The summed E-state index contributed by atoms with van der Waals surface area (Å²) in [5.74, 6) is 0.298. The molecule has 3 rings (SSSR count). The fourth-order valence-corrected chi connectivity index (χ4v) is 3.16. The fourth-order valence-electron chi connectivity index (χ4n) is 2.90. The van der Waals surface area contributed by atoms with Crippen LogP contribution in [0.5, 0.6) is 0 Å². The molecule has 0 aliphatic heterocycles. The third-order valence-corrected chi connectivity index (χ3v) is 4.59. The first-order valence-electron chi connectivity index (χ1n) is 7.88. The largest absolute Gasteiger partial charge is 0.465 e. The Morgan fingerprint density at radius 1 is 1.50 bits per heavy atom. The van der Waals surface area contributed by atoms with Gasteiger partial charge in [0.05, 0.1) is 23.7 Å². The molecule has 0 saturated heterocycles. The number of esters is 1. The molecule has 1 aromatic carbocycles. The van der Waals surface area contributed by atoms with Gasteiger partial charge in [-0.25, -0.2) is 9.78 Å². The lowest BCUT2D eigenvalue weighted by atomic mass is 10.1. The maximum atomic E-state index is 11.9. The molecule has 2 aromatic rings. The van der Waals surface area contributed by atoms with E-state index < -0.39 is 0 Å². The molecule has 126 valence electrons. The number of benzene rings is 1. The summed E-state index contributed by atoms with van der Waals surface area (Å²) in [7, 11) is 3.05. The zero-order valence-electron chi connectivity index (χ0n) is 14.1. The highest BCUT2D eigenvalue weighted by Gasteiger charge is 2.24. The number of hydrogen-bond acceptors (Lipinski definition) is 4. The van der Waals surface area contributed by atoms with E-state index in [0.717, 1.165) is 23.2 Å². The van der Waals surface area contributed by atoms with Crippen LogP contribution in [0.4, 0.5) is 0 Å². The van der Waals surface area contributed by atoms with Crippen molar-refractivity contribution in [3.05, 3.63) is 40.5 Å². The quantitative estimate of drug-likeness (QED) is 0.796. The molecular formula is C18H20ClN3O2. The van der Waals surface area contributed by atoms with Gasteiger partial charge in [0.25, 0.3) is 0 Å². The molecular weight excluding hydrogens is 326 g/mol. The Morgan fingerprint density at radius 3 is 2.79 bits per heavy atom. The van der Waals surface area contributed by atoms with Crippen molar-refractivity contribution < 1.29 is 9.53 Å². The van der Waals surface area contributed by atoms with Gasteiger partial charge in [0.2, 0.25) is 0 Å². The molecule has 6 heteroatoms. The van der Waals surface area contributed by atoms with Crippen molar-refractivity contribution in [2.24, 2.45) is 10.9 Å². The van der Waals surface area contributed by atoms with Gasteiger partial charge < -0.3 is 4.74 Å². The molecule has 0 bridgehead atoms. The summed E-state index contributed by atoms with van der Waals surface area (Å²) in [5, 5.41) is 0.293. The molecule has 1 fully saturated rings. The number of allylic oxidation sites excluding steroid dienone is 1. The van der Waals surface area contributed by atoms with Gasteiger partial charge in [0, 0.05) is 12.7 Å². The van der Waals surface area contributed by atoms with Gasteiger partial charge >= 0.3 is 5.97 Å². The van der Waals surface area contributed by atoms with Crippen LogP contribution in [0.2, 0.25) is 5.15 Å². The average molecular weight is 346 g/mol. The van der Waals surface area contributed by atoms with Crippen LogP contribution in [0.15, 0.2) is 23.7 Å². The van der Waals surface area contributed by atoms with Crippen molar-refractivity contribution in [3.63, 3.8) is 0 Å². The predicted octanol–water partition coefficient (Wildman–Crippen LogP) is 3.59. The van der Waals surface area contributed by atoms with Crippen LogP contribution in [0.3, 0.4) is 0 Å². The van der Waals surface area contributed by atoms with Crippen molar-refractivity contribution in [2.45, 2.75) is 26.2 Å². The monoisotopic (exact) mass is 345 g/mol. The van der Waals surface area contributed by atoms with Crippen LogP contribution >= 0.6 is 11.6 Å². The first-order chi connectivity index (χ1) is 11.5. The second-order valence-electron chi connectivity index (χ2n) is 6.15. The lowest BCUT2D eigenvalue weighted by Gasteiger charge is -2.16. The van der Waals surface area contributed by atoms with Gasteiger partial charge in [0.1, 0.15) is 0 Å². The molecule has 24 heavy (non-hydrogen) atoms. The zero-order valence-corrected chi connectivity index (χ0v) is 14.9. The summed E-state index contributed by atoms with van der Waals surface area (Å²) in [4.78, 5) is 20.6. The lowest BCUT2D eigenvalue weighted by molar-refractivity contribution is 0.0600. The summed E-state index contributed by atoms with van der Waals surface area (Å²) in [5.41, 5.74) is 4.28. The number of carbonyl (C=O) groups is 1. The highest BCUT2D eigenvalue weighted by Crippen LogP contribution is 2.36. The van der Waals surface area contributed by atoms with Gasteiger partial charge in [-0.05, 0) is 49.8 Å². The smallest absolute Gasteiger partial charge is 0.338 e. The lowest BCUT2D eigenvalue weighted by Crippen LogP contribution is -2.23. The Morgan fingerprint density at radius 2 is 2.21 bits per heavy atom. The van der Waals surface area contributed by atoms with Crippen molar-refractivity contribution in [1.82, 2.24) is 9.55 Å². The normalized spacial score (nSPS) is 14.9. The zero-order chi connectivity index (χ0) is 17.4. The maximum absolute atomic E-state index is 11.9. The summed E-state index contributed by atoms with van der Waals surface area (Å²) >= 11 is 6.33. The summed E-state index contributed by atoms with van der Waals surface area (Å²) in [6, 6.07) is 3.63. The van der Waals surface area contributed by atoms with E-state index in [0.29, 0.717) is 27.6 Å².